The molecule has 160 valence electrons. The lowest BCUT2D eigenvalue weighted by Crippen LogP contribution is -2.48. The Morgan fingerprint density at radius 2 is 1.90 bits per heavy atom. The minimum Gasteiger partial charge on any atom is -0.496 e. The first-order chi connectivity index (χ1) is 14.2. The van der Waals surface area contributed by atoms with Crippen LogP contribution in [0.1, 0.15) is 49.6 Å². The lowest BCUT2D eigenvalue weighted by molar-refractivity contribution is 0.108. The summed E-state index contributed by atoms with van der Waals surface area (Å²) in [5.41, 5.74) is 9.39. The van der Waals surface area contributed by atoms with E-state index in [2.05, 4.69) is 28.7 Å². The first-order valence-electron chi connectivity index (χ1n) is 9.99. The summed E-state index contributed by atoms with van der Waals surface area (Å²) in [6, 6.07) is 2.16. The van der Waals surface area contributed by atoms with E-state index in [1.54, 1.807) is 7.11 Å². The predicted octanol–water partition coefficient (Wildman–Crippen LogP) is 4.45. The Labute approximate surface area is 186 Å². The molecular weight excluding hydrogens is 423 g/mol. The maximum Gasteiger partial charge on any atom is 0.164 e. The molecule has 3 heterocycles. The van der Waals surface area contributed by atoms with E-state index in [1.807, 2.05) is 24.6 Å². The third-order valence-corrected chi connectivity index (χ3v) is 6.80. The van der Waals surface area contributed by atoms with Gasteiger partial charge in [0.1, 0.15) is 17.9 Å². The highest BCUT2D eigenvalue weighted by Gasteiger charge is 2.36. The summed E-state index contributed by atoms with van der Waals surface area (Å²) >= 11 is 13.2. The molecule has 0 unspecified atom stereocenters. The summed E-state index contributed by atoms with van der Waals surface area (Å²) in [4.78, 5) is 10.9. The molecule has 0 bridgehead atoms. The lowest BCUT2D eigenvalue weighted by atomic mass is 9.87. The number of halogens is 2. The second kappa shape index (κ2) is 7.87. The zero-order chi connectivity index (χ0) is 21.7. The first-order valence-corrected chi connectivity index (χ1v) is 10.7. The highest BCUT2D eigenvalue weighted by Crippen LogP contribution is 2.46. The lowest BCUT2D eigenvalue weighted by Gasteiger charge is -2.43. The molecule has 1 aliphatic rings. The number of methoxy groups -OCH3 is 1. The number of ether oxygens (including phenoxy) is 1. The molecule has 0 radical (unpaired) electrons. The molecule has 0 aliphatic carbocycles. The fraction of sp³-hybridized carbons (Fsp3) is 0.476. The van der Waals surface area contributed by atoms with Crippen LogP contribution in [0.15, 0.2) is 12.4 Å². The van der Waals surface area contributed by atoms with Crippen molar-refractivity contribution in [3.63, 3.8) is 0 Å². The number of hydrogen-bond acceptors (Lipinski definition) is 6. The molecule has 1 aromatic carbocycles. The zero-order valence-corrected chi connectivity index (χ0v) is 19.3. The smallest absolute Gasteiger partial charge is 0.164 e. The van der Waals surface area contributed by atoms with E-state index in [9.17, 15) is 0 Å². The molecule has 30 heavy (non-hydrogen) atoms. The first kappa shape index (κ1) is 21.2. The van der Waals surface area contributed by atoms with Crippen molar-refractivity contribution in [2.24, 2.45) is 0 Å². The third kappa shape index (κ3) is 3.29. The number of aryl methyl sites for hydroxylation is 1. The van der Waals surface area contributed by atoms with Crippen molar-refractivity contribution in [2.75, 3.05) is 25.9 Å². The fourth-order valence-electron chi connectivity index (χ4n) is 4.24. The highest BCUT2D eigenvalue weighted by molar-refractivity contribution is 6.42. The van der Waals surface area contributed by atoms with E-state index in [0.717, 1.165) is 41.0 Å². The molecule has 2 N–H and O–H groups in total. The summed E-state index contributed by atoms with van der Waals surface area (Å²) in [5, 5.41) is 6.53. The van der Waals surface area contributed by atoms with E-state index in [0.29, 0.717) is 27.6 Å². The number of nitrogen functional groups attached to an aromatic ring is 1. The number of rotatable bonds is 5. The SMILES string of the molecule is COc1c([C@@H](C)n2nc(C)c3c(N)ncnc32)cc(Cl)c(Cl)c1C1CN(C(C)C)C1. The predicted molar refractivity (Wildman–Crippen MR) is 121 cm³/mol. The van der Waals surface area contributed by atoms with Crippen LogP contribution in [0.4, 0.5) is 5.82 Å². The van der Waals surface area contributed by atoms with Crippen LogP contribution in [0, 0.1) is 6.92 Å². The van der Waals surface area contributed by atoms with Crippen LogP contribution >= 0.6 is 23.2 Å². The van der Waals surface area contributed by atoms with Gasteiger partial charge in [0, 0.05) is 36.2 Å². The maximum atomic E-state index is 6.66. The molecule has 3 aromatic rings. The van der Waals surface area contributed by atoms with Crippen LogP contribution in [0.5, 0.6) is 5.75 Å². The fourth-order valence-corrected chi connectivity index (χ4v) is 4.75. The summed E-state index contributed by atoms with van der Waals surface area (Å²) in [7, 11) is 1.67. The maximum absolute atomic E-state index is 6.66. The van der Waals surface area contributed by atoms with E-state index in [-0.39, 0.29) is 12.0 Å². The number of hydrogen-bond donors (Lipinski definition) is 1. The summed E-state index contributed by atoms with van der Waals surface area (Å²) in [6.07, 6.45) is 1.45. The Balaban J connectivity index is 1.83. The average Bonchev–Trinajstić information content (AvgIpc) is 3.00. The number of fused-ring (bicyclic) bond motifs is 1. The van der Waals surface area contributed by atoms with Gasteiger partial charge in [0.15, 0.2) is 5.65 Å². The van der Waals surface area contributed by atoms with Gasteiger partial charge in [-0.15, -0.1) is 0 Å². The van der Waals surface area contributed by atoms with Gasteiger partial charge in [0.05, 0.1) is 34.3 Å². The molecule has 1 atom stereocenters. The van der Waals surface area contributed by atoms with Gasteiger partial charge in [0.25, 0.3) is 0 Å². The van der Waals surface area contributed by atoms with Crippen LogP contribution < -0.4 is 10.5 Å². The van der Waals surface area contributed by atoms with Crippen molar-refractivity contribution in [2.45, 2.75) is 45.7 Å². The van der Waals surface area contributed by atoms with Crippen molar-refractivity contribution >= 4 is 40.1 Å². The largest absolute Gasteiger partial charge is 0.496 e. The number of anilines is 1. The molecule has 4 rings (SSSR count). The van der Waals surface area contributed by atoms with Gasteiger partial charge in [-0.3, -0.25) is 4.90 Å². The van der Waals surface area contributed by atoms with E-state index in [4.69, 9.17) is 38.8 Å². The normalized spacial score (nSPS) is 16.3. The summed E-state index contributed by atoms with van der Waals surface area (Å²) < 4.78 is 7.73. The third-order valence-electron chi connectivity index (χ3n) is 6.00. The minimum atomic E-state index is -0.194. The van der Waals surface area contributed by atoms with Crippen LogP contribution in [0.2, 0.25) is 10.0 Å². The average molecular weight is 449 g/mol. The van der Waals surface area contributed by atoms with Gasteiger partial charge in [-0.25, -0.2) is 14.6 Å². The second-order valence-electron chi connectivity index (χ2n) is 8.12. The topological polar surface area (TPSA) is 82.1 Å². The van der Waals surface area contributed by atoms with Gasteiger partial charge in [-0.1, -0.05) is 23.2 Å². The van der Waals surface area contributed by atoms with Crippen molar-refractivity contribution in [1.82, 2.24) is 24.6 Å². The van der Waals surface area contributed by atoms with Crippen LogP contribution in [0.25, 0.3) is 11.0 Å². The molecule has 7 nitrogen and oxygen atoms in total. The Hall–Kier alpha value is -2.09. The number of benzene rings is 1. The molecule has 0 spiro atoms. The molecule has 0 saturated carbocycles. The van der Waals surface area contributed by atoms with E-state index in [1.165, 1.54) is 6.33 Å². The molecule has 1 aliphatic heterocycles. The van der Waals surface area contributed by atoms with Gasteiger partial charge in [-0.05, 0) is 33.8 Å². The van der Waals surface area contributed by atoms with Crippen molar-refractivity contribution in [3.05, 3.63) is 39.3 Å². The Bertz CT molecular complexity index is 1110. The van der Waals surface area contributed by atoms with Gasteiger partial charge in [-0.2, -0.15) is 5.10 Å². The number of likely N-dealkylation sites (tertiary alicyclic amines) is 1. The van der Waals surface area contributed by atoms with Crippen molar-refractivity contribution < 1.29 is 4.74 Å². The van der Waals surface area contributed by atoms with Crippen molar-refractivity contribution in [3.8, 4) is 5.75 Å². The van der Waals surface area contributed by atoms with Gasteiger partial charge >= 0.3 is 0 Å². The molecule has 2 aromatic heterocycles. The quantitative estimate of drug-likeness (QED) is 0.620. The van der Waals surface area contributed by atoms with Gasteiger partial charge in [0.2, 0.25) is 0 Å². The van der Waals surface area contributed by atoms with Crippen LogP contribution in [-0.2, 0) is 0 Å². The number of aromatic nitrogens is 4. The number of nitrogens with two attached hydrogens (primary N) is 1. The van der Waals surface area contributed by atoms with Crippen molar-refractivity contribution in [1.29, 1.82) is 0 Å². The standard InChI is InChI=1S/C21H26Cl2N6O/c1-10(2)28-7-13(8-28)17-18(23)15(22)6-14(19(17)30-5)12(4)29-21-16(11(3)27-29)20(24)25-9-26-21/h6,9-10,12-13H,7-8H2,1-5H3,(H2,24,25,26)/t12-/m1/s1. The zero-order valence-electron chi connectivity index (χ0n) is 17.8. The Kier molecular flexibility index (Phi) is 5.55. The van der Waals surface area contributed by atoms with Gasteiger partial charge < -0.3 is 10.5 Å². The summed E-state index contributed by atoms with van der Waals surface area (Å²) in [6.45, 7) is 10.2. The van der Waals surface area contributed by atoms with Crippen LogP contribution in [-0.4, -0.2) is 50.9 Å². The Morgan fingerprint density at radius 3 is 2.53 bits per heavy atom. The molecule has 0 amide bonds. The second-order valence-corrected chi connectivity index (χ2v) is 8.90. The molecule has 1 fully saturated rings. The molecule has 9 heteroatoms. The number of nitrogens with zero attached hydrogens (tertiary/aromatic N) is 5. The van der Waals surface area contributed by atoms with E-state index < -0.39 is 0 Å². The van der Waals surface area contributed by atoms with Crippen LogP contribution in [0.3, 0.4) is 0 Å². The minimum absolute atomic E-state index is 0.194. The molecular formula is C21H26Cl2N6O. The monoisotopic (exact) mass is 448 g/mol. The Morgan fingerprint density at radius 1 is 1.20 bits per heavy atom. The molecule has 1 saturated heterocycles. The highest BCUT2D eigenvalue weighted by atomic mass is 35.5. The summed E-state index contributed by atoms with van der Waals surface area (Å²) in [5.74, 6) is 1.45. The van der Waals surface area contributed by atoms with E-state index >= 15 is 0 Å².